The van der Waals surface area contributed by atoms with Crippen molar-refractivity contribution in [1.82, 2.24) is 5.32 Å². The summed E-state index contributed by atoms with van der Waals surface area (Å²) in [6.45, 7) is -0.000102. The molecule has 7 nitrogen and oxygen atoms in total. The summed E-state index contributed by atoms with van der Waals surface area (Å²) in [6, 6.07) is 10.1. The minimum Gasteiger partial charge on any atom is -0.396 e. The maximum absolute atomic E-state index is 13.4. The molecular weight excluding hydrogens is 433 g/mol. The number of nitrogens with one attached hydrogen (secondary N) is 2. The van der Waals surface area contributed by atoms with Crippen LogP contribution in [0.5, 0.6) is 0 Å². The summed E-state index contributed by atoms with van der Waals surface area (Å²) < 4.78 is 33.1. The standard InChI is InChI=1S/C20H23ClFN3O4S/c1-30(23,29)18-5-2-4-17(11-18)25(6-3-7-26)20(28)12-19(27)24-13-14-8-15(21)10-16(22)9-14/h2,4-5,8-11,23,26H,3,6-7,12-13H2,1H3,(H,24,27). The van der Waals surface area contributed by atoms with Gasteiger partial charge in [-0.3, -0.25) is 9.59 Å². The Hall–Kier alpha value is -2.49. The number of anilines is 1. The summed E-state index contributed by atoms with van der Waals surface area (Å²) in [6.07, 6.45) is 1.08. The van der Waals surface area contributed by atoms with Crippen molar-refractivity contribution >= 4 is 38.8 Å². The molecule has 2 amide bonds. The molecule has 30 heavy (non-hydrogen) atoms. The second-order valence-corrected chi connectivity index (χ2v) is 9.29. The molecular formula is C20H23ClFN3O4S. The highest BCUT2D eigenvalue weighted by Gasteiger charge is 2.20. The number of nitrogens with zero attached hydrogens (tertiary/aromatic N) is 1. The average molecular weight is 456 g/mol. The van der Waals surface area contributed by atoms with E-state index in [9.17, 15) is 18.2 Å². The third kappa shape index (κ3) is 7.08. The van der Waals surface area contributed by atoms with Crippen molar-refractivity contribution in [1.29, 1.82) is 4.78 Å². The molecule has 2 rings (SSSR count). The van der Waals surface area contributed by atoms with Gasteiger partial charge in [0.15, 0.2) is 0 Å². The summed E-state index contributed by atoms with van der Waals surface area (Å²) in [4.78, 5) is 26.5. The topological polar surface area (TPSA) is 111 Å². The quantitative estimate of drug-likeness (QED) is 0.505. The van der Waals surface area contributed by atoms with Crippen LogP contribution >= 0.6 is 11.6 Å². The predicted molar refractivity (Wildman–Crippen MR) is 113 cm³/mol. The number of carbonyl (C=O) groups is 2. The van der Waals surface area contributed by atoms with Crippen molar-refractivity contribution in [2.24, 2.45) is 0 Å². The van der Waals surface area contributed by atoms with E-state index in [1.54, 1.807) is 12.1 Å². The lowest BCUT2D eigenvalue weighted by molar-refractivity contribution is -0.128. The molecule has 0 aromatic heterocycles. The number of halogens is 2. The number of rotatable bonds is 9. The van der Waals surface area contributed by atoms with E-state index in [-0.39, 0.29) is 36.0 Å². The number of hydrogen-bond acceptors (Lipinski definition) is 5. The second kappa shape index (κ2) is 10.5. The maximum atomic E-state index is 13.4. The Balaban J connectivity index is 2.10. The average Bonchev–Trinajstić information content (AvgIpc) is 2.65. The van der Waals surface area contributed by atoms with E-state index in [4.69, 9.17) is 21.5 Å². The van der Waals surface area contributed by atoms with Gasteiger partial charge in [0.05, 0.1) is 9.73 Å². The van der Waals surface area contributed by atoms with Gasteiger partial charge in [-0.1, -0.05) is 17.7 Å². The first-order chi connectivity index (χ1) is 14.1. The van der Waals surface area contributed by atoms with Gasteiger partial charge in [0, 0.05) is 41.6 Å². The Bertz CT molecular complexity index is 1010. The molecule has 10 heteroatoms. The molecule has 2 aromatic rings. The first-order valence-electron chi connectivity index (χ1n) is 9.07. The third-order valence-corrected chi connectivity index (χ3v) is 5.52. The van der Waals surface area contributed by atoms with Crippen molar-refractivity contribution in [3.8, 4) is 0 Å². The summed E-state index contributed by atoms with van der Waals surface area (Å²) >= 11 is 5.78. The smallest absolute Gasteiger partial charge is 0.236 e. The van der Waals surface area contributed by atoms with E-state index in [0.717, 1.165) is 6.07 Å². The van der Waals surface area contributed by atoms with Gasteiger partial charge >= 0.3 is 0 Å². The fourth-order valence-corrected chi connectivity index (χ4v) is 3.66. The zero-order valence-electron chi connectivity index (χ0n) is 16.4. The van der Waals surface area contributed by atoms with Gasteiger partial charge in [0.2, 0.25) is 11.8 Å². The molecule has 0 aliphatic rings. The van der Waals surface area contributed by atoms with Crippen molar-refractivity contribution < 1.29 is 23.3 Å². The molecule has 2 aromatic carbocycles. The van der Waals surface area contributed by atoms with E-state index >= 15 is 0 Å². The van der Waals surface area contributed by atoms with Gasteiger partial charge in [-0.25, -0.2) is 13.4 Å². The highest BCUT2D eigenvalue weighted by Crippen LogP contribution is 2.21. The number of aliphatic hydroxyl groups is 1. The van der Waals surface area contributed by atoms with E-state index in [1.807, 2.05) is 0 Å². The molecule has 1 atom stereocenters. The Morgan fingerprint density at radius 2 is 2.00 bits per heavy atom. The summed E-state index contributed by atoms with van der Waals surface area (Å²) in [5, 5.41) is 11.9. The van der Waals surface area contributed by atoms with E-state index in [1.165, 1.54) is 35.4 Å². The van der Waals surface area contributed by atoms with Gasteiger partial charge < -0.3 is 15.3 Å². The van der Waals surface area contributed by atoms with Gasteiger partial charge in [0.25, 0.3) is 0 Å². The Kier molecular flexibility index (Phi) is 8.33. The zero-order valence-corrected chi connectivity index (χ0v) is 17.9. The first-order valence-corrected chi connectivity index (χ1v) is 11.4. The summed E-state index contributed by atoms with van der Waals surface area (Å²) in [7, 11) is -2.98. The largest absolute Gasteiger partial charge is 0.396 e. The van der Waals surface area contributed by atoms with E-state index in [0.29, 0.717) is 11.3 Å². The fourth-order valence-electron chi connectivity index (χ4n) is 2.73. The lowest BCUT2D eigenvalue weighted by atomic mass is 10.2. The molecule has 0 aliphatic heterocycles. The SMILES string of the molecule is CS(=N)(=O)c1cccc(N(CCCO)C(=O)CC(=O)NCc2cc(F)cc(Cl)c2)c1. The Morgan fingerprint density at radius 1 is 1.27 bits per heavy atom. The molecule has 0 spiro atoms. The second-order valence-electron chi connectivity index (χ2n) is 6.69. The molecule has 0 aliphatic carbocycles. The van der Waals surface area contributed by atoms with Crippen molar-refractivity contribution in [3.63, 3.8) is 0 Å². The highest BCUT2D eigenvalue weighted by molar-refractivity contribution is 7.91. The molecule has 162 valence electrons. The highest BCUT2D eigenvalue weighted by atomic mass is 35.5. The van der Waals surface area contributed by atoms with Crippen LogP contribution in [-0.2, 0) is 25.9 Å². The van der Waals surface area contributed by atoms with Gasteiger partial charge in [-0.15, -0.1) is 0 Å². The first kappa shape index (κ1) is 23.8. The number of benzene rings is 2. The van der Waals surface area contributed by atoms with Crippen molar-refractivity contribution in [2.45, 2.75) is 24.3 Å². The number of carbonyl (C=O) groups excluding carboxylic acids is 2. The molecule has 1 unspecified atom stereocenters. The minimum absolute atomic E-state index is 0.00641. The van der Waals surface area contributed by atoms with Crippen LogP contribution in [0.25, 0.3) is 0 Å². The van der Waals surface area contributed by atoms with Gasteiger partial charge in [0.1, 0.15) is 12.2 Å². The van der Waals surface area contributed by atoms with Crippen LogP contribution in [0.3, 0.4) is 0 Å². The van der Waals surface area contributed by atoms with E-state index < -0.39 is 33.8 Å². The number of amides is 2. The molecule has 0 fully saturated rings. The monoisotopic (exact) mass is 455 g/mol. The van der Waals surface area contributed by atoms with Crippen LogP contribution in [0.4, 0.5) is 10.1 Å². The molecule has 0 bridgehead atoms. The van der Waals surface area contributed by atoms with Crippen LogP contribution in [0.1, 0.15) is 18.4 Å². The summed E-state index contributed by atoms with van der Waals surface area (Å²) in [5.74, 6) is -1.62. The molecule has 0 radical (unpaired) electrons. The van der Waals surface area contributed by atoms with Crippen molar-refractivity contribution in [2.75, 3.05) is 24.3 Å². The zero-order chi connectivity index (χ0) is 22.3. The number of aliphatic hydroxyl groups excluding tert-OH is 1. The Morgan fingerprint density at radius 3 is 2.63 bits per heavy atom. The molecule has 3 N–H and O–H groups in total. The van der Waals surface area contributed by atoms with Crippen LogP contribution in [0.2, 0.25) is 5.02 Å². The van der Waals surface area contributed by atoms with Gasteiger partial charge in [-0.05, 0) is 48.4 Å². The van der Waals surface area contributed by atoms with E-state index in [2.05, 4.69) is 5.32 Å². The molecule has 0 heterocycles. The van der Waals surface area contributed by atoms with Crippen LogP contribution in [0, 0.1) is 10.6 Å². The van der Waals surface area contributed by atoms with Crippen LogP contribution < -0.4 is 10.2 Å². The lowest BCUT2D eigenvalue weighted by Crippen LogP contribution is -2.36. The number of hydrogen-bond donors (Lipinski definition) is 3. The summed E-state index contributed by atoms with van der Waals surface area (Å²) in [5.41, 5.74) is 0.844. The van der Waals surface area contributed by atoms with Crippen LogP contribution in [-0.4, -0.2) is 40.5 Å². The molecule has 0 saturated carbocycles. The minimum atomic E-state index is -2.98. The third-order valence-electron chi connectivity index (χ3n) is 4.14. The van der Waals surface area contributed by atoms with Crippen LogP contribution in [0.15, 0.2) is 47.4 Å². The van der Waals surface area contributed by atoms with Gasteiger partial charge in [-0.2, -0.15) is 0 Å². The maximum Gasteiger partial charge on any atom is 0.236 e. The predicted octanol–water partition coefficient (Wildman–Crippen LogP) is 2.94. The Labute approximate surface area is 179 Å². The molecule has 0 saturated heterocycles. The fraction of sp³-hybridized carbons (Fsp3) is 0.300. The lowest BCUT2D eigenvalue weighted by Gasteiger charge is -2.23. The van der Waals surface area contributed by atoms with Crippen molar-refractivity contribution in [3.05, 3.63) is 58.9 Å². The normalized spacial score (nSPS) is 12.8.